The SMILES string of the molecule is O=C1C[C@@H]2N1C=CC(Cl)S2(=O)=O. The molecular formula is C6H6ClNO3S. The number of alkyl halides is 1. The number of nitrogens with zero attached hydrogens (tertiary/aromatic N) is 1. The molecular weight excluding hydrogens is 202 g/mol. The molecule has 1 saturated heterocycles. The number of sulfone groups is 1. The van der Waals surface area contributed by atoms with Crippen molar-refractivity contribution in [3.8, 4) is 0 Å². The number of halogens is 1. The summed E-state index contributed by atoms with van der Waals surface area (Å²) in [7, 11) is -3.35. The molecule has 12 heavy (non-hydrogen) atoms. The zero-order chi connectivity index (χ0) is 8.93. The average molecular weight is 208 g/mol. The van der Waals surface area contributed by atoms with Gasteiger partial charge in [0.15, 0.2) is 14.5 Å². The molecule has 0 aromatic heterocycles. The van der Waals surface area contributed by atoms with Crippen molar-refractivity contribution in [3.63, 3.8) is 0 Å². The summed E-state index contributed by atoms with van der Waals surface area (Å²) in [5, 5.41) is -0.711. The summed E-state index contributed by atoms with van der Waals surface area (Å²) in [5.41, 5.74) is 0. The Balaban J connectivity index is 2.43. The fraction of sp³-hybridized carbons (Fsp3) is 0.500. The molecule has 6 heteroatoms. The monoisotopic (exact) mass is 207 g/mol. The highest BCUT2D eigenvalue weighted by atomic mass is 35.5. The minimum Gasteiger partial charge on any atom is -0.301 e. The largest absolute Gasteiger partial charge is 0.301 e. The van der Waals surface area contributed by atoms with E-state index in [2.05, 4.69) is 0 Å². The zero-order valence-electron chi connectivity index (χ0n) is 5.97. The molecule has 1 amide bonds. The second kappa shape index (κ2) is 2.23. The first-order valence-electron chi connectivity index (χ1n) is 3.40. The molecule has 2 atom stereocenters. The Bertz CT molecular complexity index is 361. The highest BCUT2D eigenvalue weighted by molar-refractivity contribution is 7.94. The zero-order valence-corrected chi connectivity index (χ0v) is 7.55. The van der Waals surface area contributed by atoms with Gasteiger partial charge in [0.1, 0.15) is 5.37 Å². The number of β-lactam (4-membered cyclic amide) rings is 1. The predicted octanol–water partition coefficient (Wildman–Crippen LogP) is 0.0518. The van der Waals surface area contributed by atoms with Crippen LogP contribution in [0.5, 0.6) is 0 Å². The molecule has 0 aliphatic carbocycles. The van der Waals surface area contributed by atoms with Crippen molar-refractivity contribution in [2.45, 2.75) is 16.5 Å². The molecule has 4 nitrogen and oxygen atoms in total. The molecule has 0 N–H and O–H groups in total. The van der Waals surface area contributed by atoms with Crippen LogP contribution in [-0.4, -0.2) is 29.3 Å². The number of rotatable bonds is 0. The standard InChI is InChI=1S/C6H6ClNO3S/c7-4-1-2-8-5(9)3-6(8)12(4,10)11/h1-2,4,6H,3H2/t4?,6-/m1/s1. The number of hydrogen-bond acceptors (Lipinski definition) is 3. The second-order valence-corrected chi connectivity index (χ2v) is 5.70. The Hall–Kier alpha value is -0.550. The van der Waals surface area contributed by atoms with Crippen LogP contribution in [-0.2, 0) is 14.6 Å². The Kier molecular flexibility index (Phi) is 1.50. The van der Waals surface area contributed by atoms with Crippen molar-refractivity contribution in [1.82, 2.24) is 4.90 Å². The molecule has 2 heterocycles. The van der Waals surface area contributed by atoms with Gasteiger partial charge < -0.3 is 4.90 Å². The van der Waals surface area contributed by atoms with Gasteiger partial charge in [-0.15, -0.1) is 11.6 Å². The van der Waals surface area contributed by atoms with Gasteiger partial charge >= 0.3 is 0 Å². The molecule has 0 saturated carbocycles. The van der Waals surface area contributed by atoms with E-state index in [1.165, 1.54) is 17.2 Å². The van der Waals surface area contributed by atoms with Gasteiger partial charge in [0.2, 0.25) is 5.91 Å². The van der Waals surface area contributed by atoms with E-state index in [4.69, 9.17) is 11.6 Å². The topological polar surface area (TPSA) is 54.5 Å². The predicted molar refractivity (Wildman–Crippen MR) is 43.0 cm³/mol. The first-order chi connectivity index (χ1) is 5.53. The molecule has 0 bridgehead atoms. The normalized spacial score (nSPS) is 37.4. The lowest BCUT2D eigenvalue weighted by Gasteiger charge is -2.40. The summed E-state index contributed by atoms with van der Waals surface area (Å²) >= 11 is 5.54. The van der Waals surface area contributed by atoms with Crippen molar-refractivity contribution in [2.75, 3.05) is 0 Å². The van der Waals surface area contributed by atoms with Crippen molar-refractivity contribution >= 4 is 27.3 Å². The van der Waals surface area contributed by atoms with E-state index in [1.54, 1.807) is 0 Å². The van der Waals surface area contributed by atoms with E-state index in [9.17, 15) is 13.2 Å². The van der Waals surface area contributed by atoms with Crippen molar-refractivity contribution in [1.29, 1.82) is 0 Å². The molecule has 66 valence electrons. The minimum absolute atomic E-state index is 0.0654. The maximum Gasteiger partial charge on any atom is 0.230 e. The summed E-state index contributed by atoms with van der Waals surface area (Å²) in [6.07, 6.45) is 2.82. The molecule has 1 unspecified atom stereocenters. The average Bonchev–Trinajstić information content (AvgIpc) is 1.97. The van der Waals surface area contributed by atoms with Gasteiger partial charge in [-0.1, -0.05) is 0 Å². The van der Waals surface area contributed by atoms with E-state index in [1.807, 2.05) is 0 Å². The van der Waals surface area contributed by atoms with Gasteiger partial charge in [0.25, 0.3) is 0 Å². The van der Waals surface area contributed by atoms with Crippen molar-refractivity contribution in [2.24, 2.45) is 0 Å². The second-order valence-electron chi connectivity index (χ2n) is 2.74. The molecule has 0 radical (unpaired) electrons. The third-order valence-corrected chi connectivity index (χ3v) is 4.87. The van der Waals surface area contributed by atoms with E-state index in [0.717, 1.165) is 0 Å². The minimum atomic E-state index is -3.35. The van der Waals surface area contributed by atoms with Gasteiger partial charge in [0, 0.05) is 6.20 Å². The number of hydrogen-bond donors (Lipinski definition) is 0. The highest BCUT2D eigenvalue weighted by Gasteiger charge is 2.48. The highest BCUT2D eigenvalue weighted by Crippen LogP contribution is 2.33. The van der Waals surface area contributed by atoms with Crippen molar-refractivity contribution in [3.05, 3.63) is 12.3 Å². The summed E-state index contributed by atoms with van der Waals surface area (Å²) in [6.45, 7) is 0. The fourth-order valence-corrected chi connectivity index (χ4v) is 3.16. The van der Waals surface area contributed by atoms with Gasteiger partial charge in [0.05, 0.1) is 6.42 Å². The number of carbonyl (C=O) groups excluding carboxylic acids is 1. The molecule has 2 aliphatic heterocycles. The summed E-state index contributed by atoms with van der Waals surface area (Å²) in [4.78, 5) is 12.0. The molecule has 2 aliphatic rings. The lowest BCUT2D eigenvalue weighted by atomic mass is 10.2. The van der Waals surface area contributed by atoms with Crippen LogP contribution in [0.2, 0.25) is 0 Å². The van der Waals surface area contributed by atoms with Crippen LogP contribution in [0.25, 0.3) is 0 Å². The maximum absolute atomic E-state index is 11.3. The Morgan fingerprint density at radius 1 is 1.58 bits per heavy atom. The first-order valence-corrected chi connectivity index (χ1v) is 5.44. The Morgan fingerprint density at radius 3 is 2.83 bits per heavy atom. The third-order valence-electron chi connectivity index (χ3n) is 2.04. The number of fused-ring (bicyclic) bond motifs is 1. The number of carbonyl (C=O) groups is 1. The van der Waals surface area contributed by atoms with Crippen LogP contribution in [0.1, 0.15) is 6.42 Å². The van der Waals surface area contributed by atoms with Crippen LogP contribution in [0, 0.1) is 0 Å². The van der Waals surface area contributed by atoms with Gasteiger partial charge in [-0.25, -0.2) is 8.42 Å². The summed E-state index contributed by atoms with van der Waals surface area (Å²) in [5.74, 6) is -0.164. The molecule has 0 aromatic rings. The summed E-state index contributed by atoms with van der Waals surface area (Å²) < 4.78 is 21.7. The third kappa shape index (κ3) is 0.834. The fourth-order valence-electron chi connectivity index (χ4n) is 1.27. The van der Waals surface area contributed by atoms with Gasteiger partial charge in [-0.3, -0.25) is 4.79 Å². The maximum atomic E-state index is 11.3. The first kappa shape index (κ1) is 8.07. The Morgan fingerprint density at radius 2 is 2.25 bits per heavy atom. The smallest absolute Gasteiger partial charge is 0.230 e. The van der Waals surface area contributed by atoms with E-state index < -0.39 is 19.9 Å². The molecule has 1 fully saturated rings. The van der Waals surface area contributed by atoms with Crippen LogP contribution < -0.4 is 0 Å². The van der Waals surface area contributed by atoms with Crippen molar-refractivity contribution < 1.29 is 13.2 Å². The van der Waals surface area contributed by atoms with Crippen LogP contribution in [0.15, 0.2) is 12.3 Å². The van der Waals surface area contributed by atoms with E-state index >= 15 is 0 Å². The van der Waals surface area contributed by atoms with Gasteiger partial charge in [-0.2, -0.15) is 0 Å². The van der Waals surface area contributed by atoms with E-state index in [0.29, 0.717) is 0 Å². The number of amides is 1. The van der Waals surface area contributed by atoms with Crippen LogP contribution >= 0.6 is 11.6 Å². The lowest BCUT2D eigenvalue weighted by Crippen LogP contribution is -2.56. The molecule has 0 aromatic carbocycles. The quantitative estimate of drug-likeness (QED) is 0.417. The van der Waals surface area contributed by atoms with Gasteiger partial charge in [-0.05, 0) is 6.08 Å². The lowest BCUT2D eigenvalue weighted by molar-refractivity contribution is -0.138. The summed E-state index contributed by atoms with van der Waals surface area (Å²) in [6, 6.07) is 0. The molecule has 2 rings (SSSR count). The van der Waals surface area contributed by atoms with E-state index in [-0.39, 0.29) is 12.3 Å². The molecule has 0 spiro atoms. The Labute approximate surface area is 74.7 Å². The van der Waals surface area contributed by atoms with Crippen LogP contribution in [0.4, 0.5) is 0 Å². The van der Waals surface area contributed by atoms with Crippen LogP contribution in [0.3, 0.4) is 0 Å².